The monoisotopic (exact) mass is 357 g/mol. The van der Waals surface area contributed by atoms with Crippen molar-refractivity contribution in [2.75, 3.05) is 0 Å². The summed E-state index contributed by atoms with van der Waals surface area (Å²) in [5, 5.41) is 2.92. The van der Waals surface area contributed by atoms with Crippen LogP contribution in [0, 0.1) is 5.92 Å². The quantitative estimate of drug-likeness (QED) is 0.659. The number of nitrogens with one attached hydrogen (secondary N) is 1. The van der Waals surface area contributed by atoms with Gasteiger partial charge in [-0.3, -0.25) is 14.9 Å². The minimum atomic E-state index is -0.421. The normalized spacial score (nSPS) is 16.6. The standard InChI is InChI=1S/C19H16ClNO4/c20-16-7-3-13(4-8-16)11-25-19(24)14-5-1-12(2-6-14)9-15-10-17(22)21-18(15)23/h1-8,15H,9-11H2,(H,21,22,23)/t15-/m0/s1. The third kappa shape index (κ3) is 4.45. The number of hydrogen-bond donors (Lipinski definition) is 1. The summed E-state index contributed by atoms with van der Waals surface area (Å²) in [6, 6.07) is 13.9. The van der Waals surface area contributed by atoms with E-state index in [0.717, 1.165) is 11.1 Å². The van der Waals surface area contributed by atoms with Crippen LogP contribution in [0.2, 0.25) is 5.02 Å². The van der Waals surface area contributed by atoms with Gasteiger partial charge in [0, 0.05) is 11.4 Å². The third-order valence-corrected chi connectivity index (χ3v) is 4.27. The highest BCUT2D eigenvalue weighted by Gasteiger charge is 2.30. The summed E-state index contributed by atoms with van der Waals surface area (Å²) in [6.45, 7) is 0.169. The molecule has 0 spiro atoms. The van der Waals surface area contributed by atoms with Crippen molar-refractivity contribution in [1.82, 2.24) is 5.32 Å². The molecule has 1 atom stereocenters. The number of carbonyl (C=O) groups is 3. The van der Waals surface area contributed by atoms with Gasteiger partial charge >= 0.3 is 5.97 Å². The van der Waals surface area contributed by atoms with Gasteiger partial charge in [0.2, 0.25) is 11.8 Å². The Labute approximate surface area is 149 Å². The van der Waals surface area contributed by atoms with E-state index in [1.807, 2.05) is 0 Å². The molecule has 2 aromatic rings. The van der Waals surface area contributed by atoms with E-state index in [-0.39, 0.29) is 30.8 Å². The van der Waals surface area contributed by atoms with Gasteiger partial charge in [-0.1, -0.05) is 35.9 Å². The second-order valence-electron chi connectivity index (χ2n) is 5.92. The molecule has 2 amide bonds. The van der Waals surface area contributed by atoms with Crippen molar-refractivity contribution in [3.63, 3.8) is 0 Å². The lowest BCUT2D eigenvalue weighted by molar-refractivity contribution is -0.125. The summed E-state index contributed by atoms with van der Waals surface area (Å²) in [6.07, 6.45) is 0.682. The Balaban J connectivity index is 1.56. The first-order chi connectivity index (χ1) is 12.0. The maximum atomic E-state index is 12.1. The molecule has 1 aliphatic heterocycles. The highest BCUT2D eigenvalue weighted by molar-refractivity contribution is 6.30. The highest BCUT2D eigenvalue weighted by atomic mass is 35.5. The molecular formula is C19H16ClNO4. The molecule has 3 rings (SSSR count). The van der Waals surface area contributed by atoms with E-state index in [0.29, 0.717) is 17.0 Å². The van der Waals surface area contributed by atoms with Crippen LogP contribution in [0.1, 0.15) is 27.9 Å². The van der Waals surface area contributed by atoms with Crippen LogP contribution in [-0.2, 0) is 27.4 Å². The first-order valence-electron chi connectivity index (χ1n) is 7.85. The zero-order valence-corrected chi connectivity index (χ0v) is 14.1. The number of hydrogen-bond acceptors (Lipinski definition) is 4. The lowest BCUT2D eigenvalue weighted by Crippen LogP contribution is -2.22. The van der Waals surface area contributed by atoms with Crippen LogP contribution in [0.5, 0.6) is 0 Å². The maximum absolute atomic E-state index is 12.1. The summed E-state index contributed by atoms with van der Waals surface area (Å²) < 4.78 is 5.27. The molecule has 2 aromatic carbocycles. The first-order valence-corrected chi connectivity index (χ1v) is 8.23. The van der Waals surface area contributed by atoms with E-state index in [1.54, 1.807) is 48.5 Å². The van der Waals surface area contributed by atoms with Crippen molar-refractivity contribution >= 4 is 29.4 Å². The van der Waals surface area contributed by atoms with E-state index in [1.165, 1.54) is 0 Å². The lowest BCUT2D eigenvalue weighted by Gasteiger charge is -2.08. The predicted octanol–water partition coefficient (Wildman–Crippen LogP) is 2.90. The fourth-order valence-corrected chi connectivity index (χ4v) is 2.77. The highest BCUT2D eigenvalue weighted by Crippen LogP contribution is 2.18. The topological polar surface area (TPSA) is 72.5 Å². The second-order valence-corrected chi connectivity index (χ2v) is 6.35. The van der Waals surface area contributed by atoms with Crippen LogP contribution < -0.4 is 5.32 Å². The van der Waals surface area contributed by atoms with E-state index in [4.69, 9.17) is 16.3 Å². The average molecular weight is 358 g/mol. The molecule has 1 heterocycles. The van der Waals surface area contributed by atoms with Crippen molar-refractivity contribution in [3.8, 4) is 0 Å². The third-order valence-electron chi connectivity index (χ3n) is 4.02. The number of imide groups is 1. The van der Waals surface area contributed by atoms with Gasteiger partial charge in [-0.25, -0.2) is 4.79 Å². The smallest absolute Gasteiger partial charge is 0.338 e. The van der Waals surface area contributed by atoms with Gasteiger partial charge in [-0.15, -0.1) is 0 Å². The minimum Gasteiger partial charge on any atom is -0.457 e. The summed E-state index contributed by atoms with van der Waals surface area (Å²) >= 11 is 5.81. The number of halogens is 1. The number of ether oxygens (including phenoxy) is 1. The summed E-state index contributed by atoms with van der Waals surface area (Å²) in [4.78, 5) is 34.9. The van der Waals surface area contributed by atoms with Crippen LogP contribution in [0.3, 0.4) is 0 Å². The van der Waals surface area contributed by atoms with Crippen molar-refractivity contribution in [3.05, 3.63) is 70.2 Å². The molecule has 0 unspecified atom stereocenters. The molecular weight excluding hydrogens is 342 g/mol. The molecule has 1 fully saturated rings. The Hall–Kier alpha value is -2.66. The van der Waals surface area contributed by atoms with Crippen molar-refractivity contribution in [2.24, 2.45) is 5.92 Å². The summed E-state index contributed by atoms with van der Waals surface area (Å²) in [7, 11) is 0. The van der Waals surface area contributed by atoms with Gasteiger partial charge < -0.3 is 4.74 Å². The Morgan fingerprint density at radius 1 is 1.04 bits per heavy atom. The van der Waals surface area contributed by atoms with Crippen molar-refractivity contribution in [1.29, 1.82) is 0 Å². The molecule has 0 saturated carbocycles. The summed E-state index contributed by atoms with van der Waals surface area (Å²) in [5.41, 5.74) is 2.18. The van der Waals surface area contributed by atoms with E-state index in [9.17, 15) is 14.4 Å². The summed E-state index contributed by atoms with van der Waals surface area (Å²) in [5.74, 6) is -1.24. The van der Waals surface area contributed by atoms with Crippen molar-refractivity contribution in [2.45, 2.75) is 19.4 Å². The number of amides is 2. The maximum Gasteiger partial charge on any atom is 0.338 e. The molecule has 5 nitrogen and oxygen atoms in total. The van der Waals surface area contributed by atoms with Gasteiger partial charge in [0.15, 0.2) is 0 Å². The Kier molecular flexibility index (Phi) is 5.14. The molecule has 0 radical (unpaired) electrons. The first kappa shape index (κ1) is 17.2. The molecule has 25 heavy (non-hydrogen) atoms. The average Bonchev–Trinajstić information content (AvgIpc) is 2.92. The number of carbonyl (C=O) groups excluding carboxylic acids is 3. The molecule has 1 N–H and O–H groups in total. The molecule has 0 bridgehead atoms. The largest absolute Gasteiger partial charge is 0.457 e. The second kappa shape index (κ2) is 7.49. The molecule has 6 heteroatoms. The van der Waals surface area contributed by atoms with Crippen LogP contribution >= 0.6 is 11.6 Å². The van der Waals surface area contributed by atoms with Gasteiger partial charge in [0.1, 0.15) is 6.61 Å². The SMILES string of the molecule is O=C1C[C@H](Cc2ccc(C(=O)OCc3ccc(Cl)cc3)cc2)C(=O)N1. The molecule has 1 saturated heterocycles. The van der Waals surface area contributed by atoms with Gasteiger partial charge in [-0.05, 0) is 41.8 Å². The van der Waals surface area contributed by atoms with E-state index < -0.39 is 5.97 Å². The van der Waals surface area contributed by atoms with E-state index in [2.05, 4.69) is 5.32 Å². The van der Waals surface area contributed by atoms with Crippen molar-refractivity contribution < 1.29 is 19.1 Å². The molecule has 0 aromatic heterocycles. The van der Waals surface area contributed by atoms with Gasteiger partial charge in [0.05, 0.1) is 11.5 Å². The Morgan fingerprint density at radius 2 is 1.68 bits per heavy atom. The van der Waals surface area contributed by atoms with Crippen LogP contribution in [0.25, 0.3) is 0 Å². The van der Waals surface area contributed by atoms with Crippen LogP contribution in [0.4, 0.5) is 0 Å². The molecule has 0 aliphatic carbocycles. The van der Waals surface area contributed by atoms with Gasteiger partial charge in [-0.2, -0.15) is 0 Å². The molecule has 1 aliphatic rings. The molecule has 128 valence electrons. The zero-order chi connectivity index (χ0) is 17.8. The predicted molar refractivity (Wildman–Crippen MR) is 92.0 cm³/mol. The fraction of sp³-hybridized carbons (Fsp3) is 0.211. The number of rotatable bonds is 5. The zero-order valence-electron chi connectivity index (χ0n) is 13.3. The van der Waals surface area contributed by atoms with E-state index >= 15 is 0 Å². The number of benzene rings is 2. The minimum absolute atomic E-state index is 0.169. The van der Waals surface area contributed by atoms with Crippen LogP contribution in [-0.4, -0.2) is 17.8 Å². The Morgan fingerprint density at radius 3 is 2.28 bits per heavy atom. The Bertz CT molecular complexity index is 799. The van der Waals surface area contributed by atoms with Crippen LogP contribution in [0.15, 0.2) is 48.5 Å². The lowest BCUT2D eigenvalue weighted by atomic mass is 9.97. The van der Waals surface area contributed by atoms with Gasteiger partial charge in [0.25, 0.3) is 0 Å². The fourth-order valence-electron chi connectivity index (χ4n) is 2.65. The number of esters is 1.